The van der Waals surface area contributed by atoms with E-state index >= 15 is 0 Å². The SMILES string of the molecule is Cc1ccc(N2CN(c3cc(Oc4ccc5c6ccccc6n(-c6cc(C(C)(C)C)ccn6)c5c4)cc(-c4c(C(C)C)cccc4C(C)C)c3)c3cc4nc5n(c4cc32)CCCC5)cc1. The molecule has 7 nitrogen and oxygen atoms in total. The highest BCUT2D eigenvalue weighted by Crippen LogP contribution is 2.49. The lowest BCUT2D eigenvalue weighted by Crippen LogP contribution is -2.24. The molecule has 326 valence electrons. The molecule has 5 heterocycles. The monoisotopic (exact) mass is 854 g/mol. The molecule has 0 N–H and O–H groups in total. The number of imidazole rings is 1. The summed E-state index contributed by atoms with van der Waals surface area (Å²) in [7, 11) is 0. The van der Waals surface area contributed by atoms with E-state index in [4.69, 9.17) is 14.7 Å². The number of hydrogen-bond acceptors (Lipinski definition) is 5. The molecule has 3 aromatic heterocycles. The Bertz CT molecular complexity index is 3260. The summed E-state index contributed by atoms with van der Waals surface area (Å²) in [6.07, 6.45) is 5.33. The highest BCUT2D eigenvalue weighted by Gasteiger charge is 2.32. The molecule has 0 atom stereocenters. The van der Waals surface area contributed by atoms with Crippen molar-refractivity contribution in [3.63, 3.8) is 0 Å². The highest BCUT2D eigenvalue weighted by molar-refractivity contribution is 6.09. The third-order valence-electron chi connectivity index (χ3n) is 13.8. The molecule has 9 aromatic rings. The molecule has 7 heteroatoms. The summed E-state index contributed by atoms with van der Waals surface area (Å²) in [5.41, 5.74) is 16.6. The number of pyridine rings is 1. The average molecular weight is 855 g/mol. The van der Waals surface area contributed by atoms with Crippen LogP contribution in [0.15, 0.2) is 134 Å². The number of para-hydroxylation sites is 1. The van der Waals surface area contributed by atoms with Crippen molar-refractivity contribution in [2.45, 2.75) is 98.4 Å². The Labute approximate surface area is 383 Å². The Morgan fingerprint density at radius 1 is 0.631 bits per heavy atom. The molecule has 6 aromatic carbocycles. The zero-order valence-electron chi connectivity index (χ0n) is 39.0. The van der Waals surface area contributed by atoms with Gasteiger partial charge in [0.2, 0.25) is 0 Å². The number of benzene rings is 6. The third-order valence-corrected chi connectivity index (χ3v) is 13.8. The zero-order chi connectivity index (χ0) is 44.7. The molecule has 0 radical (unpaired) electrons. The molecular formula is C58H58N6O. The van der Waals surface area contributed by atoms with Gasteiger partial charge in [0.25, 0.3) is 0 Å². The van der Waals surface area contributed by atoms with Gasteiger partial charge >= 0.3 is 0 Å². The van der Waals surface area contributed by atoms with Gasteiger partial charge in [0.15, 0.2) is 0 Å². The number of fused-ring (bicyclic) bond motifs is 7. The van der Waals surface area contributed by atoms with Crippen molar-refractivity contribution < 1.29 is 4.74 Å². The Morgan fingerprint density at radius 3 is 2.14 bits per heavy atom. The average Bonchev–Trinajstić information content (AvgIpc) is 3.97. The Hall–Kier alpha value is -6.86. The number of anilines is 4. The number of hydrogen-bond donors (Lipinski definition) is 0. The van der Waals surface area contributed by atoms with E-state index in [2.05, 4.69) is 202 Å². The minimum absolute atomic E-state index is 0.0197. The van der Waals surface area contributed by atoms with Gasteiger partial charge < -0.3 is 19.1 Å². The second-order valence-electron chi connectivity index (χ2n) is 19.9. The highest BCUT2D eigenvalue weighted by atomic mass is 16.5. The molecule has 0 saturated carbocycles. The third kappa shape index (κ3) is 7.13. The first-order valence-corrected chi connectivity index (χ1v) is 23.5. The lowest BCUT2D eigenvalue weighted by molar-refractivity contribution is 0.483. The number of rotatable bonds is 8. The van der Waals surface area contributed by atoms with Gasteiger partial charge in [0.1, 0.15) is 29.8 Å². The van der Waals surface area contributed by atoms with Crippen LogP contribution in [-0.2, 0) is 18.4 Å². The standard InChI is InChI=1S/C58H58N6O/c1-36(2)45-15-13-16-46(37(3)4)57(45)39-28-42(63-35-62(41-21-19-38(5)20-22-41)54-34-52-49(33-53(54)63)60-55-18-11-12-27-61(52)55)31-44(29-39)65-43-23-24-48-47-14-9-10-17-50(47)64(51(48)32-43)56-30-40(25-26-59-56)58(6,7)8/h9-10,13-17,19-26,28-34,36-37H,11-12,18,27,35H2,1-8H3. The predicted octanol–water partition coefficient (Wildman–Crippen LogP) is 15.4. The quantitative estimate of drug-likeness (QED) is 0.152. The topological polar surface area (TPSA) is 51.4 Å². The van der Waals surface area contributed by atoms with E-state index in [-0.39, 0.29) is 5.41 Å². The van der Waals surface area contributed by atoms with Crippen LogP contribution in [0.25, 0.3) is 49.8 Å². The maximum Gasteiger partial charge on any atom is 0.137 e. The number of nitrogens with zero attached hydrogens (tertiary/aromatic N) is 6. The minimum Gasteiger partial charge on any atom is -0.457 e. The minimum atomic E-state index is -0.0197. The first-order chi connectivity index (χ1) is 31.4. The summed E-state index contributed by atoms with van der Waals surface area (Å²) >= 11 is 0. The summed E-state index contributed by atoms with van der Waals surface area (Å²) in [4.78, 5) is 15.1. The maximum atomic E-state index is 7.16. The van der Waals surface area contributed by atoms with E-state index < -0.39 is 0 Å². The Kier molecular flexibility index (Phi) is 9.87. The molecule has 2 aliphatic heterocycles. The van der Waals surface area contributed by atoms with Crippen molar-refractivity contribution in [1.29, 1.82) is 0 Å². The molecule has 11 rings (SSSR count). The predicted molar refractivity (Wildman–Crippen MR) is 270 cm³/mol. The van der Waals surface area contributed by atoms with Crippen LogP contribution in [0.2, 0.25) is 0 Å². The van der Waals surface area contributed by atoms with Crippen LogP contribution >= 0.6 is 0 Å². The van der Waals surface area contributed by atoms with Gasteiger partial charge in [0.05, 0.1) is 33.4 Å². The molecule has 0 aliphatic carbocycles. The van der Waals surface area contributed by atoms with Crippen molar-refractivity contribution in [2.75, 3.05) is 16.5 Å². The molecule has 0 unspecified atom stereocenters. The van der Waals surface area contributed by atoms with Crippen LogP contribution in [0.4, 0.5) is 22.7 Å². The first-order valence-electron chi connectivity index (χ1n) is 23.5. The van der Waals surface area contributed by atoms with E-state index in [1.807, 2.05) is 6.20 Å². The van der Waals surface area contributed by atoms with E-state index in [9.17, 15) is 0 Å². The van der Waals surface area contributed by atoms with Crippen molar-refractivity contribution >= 4 is 55.6 Å². The van der Waals surface area contributed by atoms with E-state index in [0.717, 1.165) is 69.2 Å². The molecule has 0 spiro atoms. The van der Waals surface area contributed by atoms with Crippen LogP contribution < -0.4 is 14.5 Å². The molecule has 0 bridgehead atoms. The molecule has 0 saturated heterocycles. The molecular weight excluding hydrogens is 797 g/mol. The Morgan fingerprint density at radius 2 is 1.37 bits per heavy atom. The van der Waals surface area contributed by atoms with Gasteiger partial charge in [-0.15, -0.1) is 0 Å². The van der Waals surface area contributed by atoms with Crippen molar-refractivity contribution in [3.8, 4) is 28.4 Å². The van der Waals surface area contributed by atoms with E-state index in [0.29, 0.717) is 18.5 Å². The summed E-state index contributed by atoms with van der Waals surface area (Å²) in [5.74, 6) is 4.31. The first kappa shape index (κ1) is 40.9. The van der Waals surface area contributed by atoms with Crippen LogP contribution in [-0.4, -0.2) is 25.8 Å². The van der Waals surface area contributed by atoms with Crippen LogP contribution in [0.3, 0.4) is 0 Å². The molecule has 0 fully saturated rings. The van der Waals surface area contributed by atoms with Gasteiger partial charge in [-0.1, -0.05) is 103 Å². The summed E-state index contributed by atoms with van der Waals surface area (Å²) in [5, 5.41) is 2.35. The fourth-order valence-electron chi connectivity index (χ4n) is 10.3. The summed E-state index contributed by atoms with van der Waals surface area (Å²) in [6.45, 7) is 19.8. The van der Waals surface area contributed by atoms with Crippen LogP contribution in [0.5, 0.6) is 11.5 Å². The van der Waals surface area contributed by atoms with Gasteiger partial charge in [0, 0.05) is 53.4 Å². The maximum absolute atomic E-state index is 7.16. The van der Waals surface area contributed by atoms with E-state index in [1.165, 1.54) is 68.8 Å². The number of aromatic nitrogens is 4. The molecule has 2 aliphatic rings. The van der Waals surface area contributed by atoms with Crippen LogP contribution in [0, 0.1) is 6.92 Å². The Balaban J connectivity index is 1.10. The number of ether oxygens (including phenoxy) is 1. The fourth-order valence-corrected chi connectivity index (χ4v) is 10.3. The fraction of sp³-hybridized carbons (Fsp3) is 0.276. The second kappa shape index (κ2) is 15.7. The zero-order valence-corrected chi connectivity index (χ0v) is 39.0. The summed E-state index contributed by atoms with van der Waals surface area (Å²) in [6, 6.07) is 46.8. The molecule has 65 heavy (non-hydrogen) atoms. The lowest BCUT2D eigenvalue weighted by Gasteiger charge is -2.25. The van der Waals surface area contributed by atoms with Crippen LogP contribution in [0.1, 0.15) is 101 Å². The van der Waals surface area contributed by atoms with Crippen molar-refractivity contribution in [2.24, 2.45) is 0 Å². The van der Waals surface area contributed by atoms with Gasteiger partial charge in [-0.05, 0) is 132 Å². The van der Waals surface area contributed by atoms with Crippen molar-refractivity contribution in [3.05, 3.63) is 162 Å². The van der Waals surface area contributed by atoms with Gasteiger partial charge in [-0.25, -0.2) is 9.97 Å². The smallest absolute Gasteiger partial charge is 0.137 e. The summed E-state index contributed by atoms with van der Waals surface area (Å²) < 4.78 is 11.9. The normalized spacial score (nSPS) is 14.1. The van der Waals surface area contributed by atoms with Crippen molar-refractivity contribution in [1.82, 2.24) is 19.1 Å². The van der Waals surface area contributed by atoms with E-state index in [1.54, 1.807) is 0 Å². The molecule has 0 amide bonds. The van der Waals surface area contributed by atoms with Gasteiger partial charge in [-0.3, -0.25) is 4.57 Å². The van der Waals surface area contributed by atoms with Gasteiger partial charge in [-0.2, -0.15) is 0 Å². The lowest BCUT2D eigenvalue weighted by atomic mass is 9.85. The second-order valence-corrected chi connectivity index (χ2v) is 19.9. The number of aryl methyl sites for hydroxylation is 3. The largest absolute Gasteiger partial charge is 0.457 e.